The SMILES string of the molecule is Nc1nccn2c([C@@H]3CCCN3CCCCCCCCCCNc3cccc4c3CN(C3CCC(=O)NC3=O)C4=O)nc(-c3ccc(C(=O)Nc4ccccn4)cc3)c12. The summed E-state index contributed by atoms with van der Waals surface area (Å²) in [5.74, 6) is 0.868. The molecule has 0 spiro atoms. The summed E-state index contributed by atoms with van der Waals surface area (Å²) < 4.78 is 2.10. The van der Waals surface area contributed by atoms with Gasteiger partial charge in [0, 0.05) is 66.0 Å². The summed E-state index contributed by atoms with van der Waals surface area (Å²) in [5, 5.41) is 8.74. The molecule has 59 heavy (non-hydrogen) atoms. The van der Waals surface area contributed by atoms with Crippen molar-refractivity contribution in [2.45, 2.75) is 95.7 Å². The second-order valence-corrected chi connectivity index (χ2v) is 15.8. The number of carbonyl (C=O) groups is 4. The van der Waals surface area contributed by atoms with Gasteiger partial charge in [-0.2, -0.15) is 0 Å². The molecule has 2 atom stereocenters. The van der Waals surface area contributed by atoms with E-state index < -0.39 is 6.04 Å². The monoisotopic (exact) mass is 796 g/mol. The molecule has 306 valence electrons. The van der Waals surface area contributed by atoms with Crippen LogP contribution in [0.4, 0.5) is 17.3 Å². The number of amides is 4. The fourth-order valence-electron chi connectivity index (χ4n) is 8.79. The minimum absolute atomic E-state index is 0.145. The van der Waals surface area contributed by atoms with Gasteiger partial charge >= 0.3 is 0 Å². The third kappa shape index (κ3) is 8.82. The molecule has 2 aromatic carbocycles. The van der Waals surface area contributed by atoms with Gasteiger partial charge in [-0.1, -0.05) is 62.8 Å². The van der Waals surface area contributed by atoms with E-state index in [0.29, 0.717) is 35.7 Å². The van der Waals surface area contributed by atoms with Crippen LogP contribution in [0.3, 0.4) is 0 Å². The Labute approximate surface area is 344 Å². The van der Waals surface area contributed by atoms with E-state index in [9.17, 15) is 19.2 Å². The smallest absolute Gasteiger partial charge is 0.256 e. The highest BCUT2D eigenvalue weighted by molar-refractivity contribution is 6.06. The molecule has 5 N–H and O–H groups in total. The van der Waals surface area contributed by atoms with Gasteiger partial charge in [0.1, 0.15) is 34.7 Å². The first kappa shape index (κ1) is 39.7. The fraction of sp³-hybridized carbons (Fsp3) is 0.400. The number of aromatic nitrogens is 4. The van der Waals surface area contributed by atoms with Gasteiger partial charge in [-0.15, -0.1) is 0 Å². The first-order valence-electron chi connectivity index (χ1n) is 21.1. The number of fused-ring (bicyclic) bond motifs is 2. The van der Waals surface area contributed by atoms with E-state index in [1.54, 1.807) is 41.6 Å². The lowest BCUT2D eigenvalue weighted by Crippen LogP contribution is -2.52. The van der Waals surface area contributed by atoms with Gasteiger partial charge in [0.25, 0.3) is 11.8 Å². The quantitative estimate of drug-likeness (QED) is 0.0581. The average Bonchev–Trinajstić information content (AvgIpc) is 3.97. The lowest BCUT2D eigenvalue weighted by atomic mass is 10.0. The number of imidazole rings is 1. The average molecular weight is 797 g/mol. The Bertz CT molecular complexity index is 2310. The maximum Gasteiger partial charge on any atom is 0.256 e. The molecule has 14 nitrogen and oxygen atoms in total. The number of nitrogens with zero attached hydrogens (tertiary/aromatic N) is 6. The molecule has 0 saturated carbocycles. The van der Waals surface area contributed by atoms with Gasteiger partial charge in [0.2, 0.25) is 11.8 Å². The highest BCUT2D eigenvalue weighted by Crippen LogP contribution is 2.37. The third-order valence-corrected chi connectivity index (χ3v) is 11.9. The van der Waals surface area contributed by atoms with Crippen molar-refractivity contribution in [2.24, 2.45) is 0 Å². The Morgan fingerprint density at radius 2 is 1.64 bits per heavy atom. The maximum absolute atomic E-state index is 13.1. The predicted molar refractivity (Wildman–Crippen MR) is 226 cm³/mol. The number of hydrogen-bond acceptors (Lipinski definition) is 10. The van der Waals surface area contributed by atoms with Crippen molar-refractivity contribution in [2.75, 3.05) is 36.0 Å². The number of nitrogens with two attached hydrogens (primary N) is 1. The van der Waals surface area contributed by atoms with Crippen molar-refractivity contribution in [1.82, 2.24) is 34.5 Å². The fourth-order valence-corrected chi connectivity index (χ4v) is 8.79. The van der Waals surface area contributed by atoms with Gasteiger partial charge < -0.3 is 21.3 Å². The first-order valence-corrected chi connectivity index (χ1v) is 21.1. The molecule has 2 fully saturated rings. The summed E-state index contributed by atoms with van der Waals surface area (Å²) in [4.78, 5) is 68.0. The van der Waals surface area contributed by atoms with E-state index in [-0.39, 0.29) is 36.1 Å². The number of hydrogen-bond donors (Lipinski definition) is 4. The van der Waals surface area contributed by atoms with Gasteiger partial charge in [0.05, 0.1) is 6.04 Å². The van der Waals surface area contributed by atoms with E-state index in [0.717, 1.165) is 85.6 Å². The minimum Gasteiger partial charge on any atom is -0.385 e. The molecule has 1 unspecified atom stereocenters. The number of likely N-dealkylation sites (tertiary alicyclic amines) is 1. The topological polar surface area (TPSA) is 180 Å². The molecule has 0 bridgehead atoms. The number of nitrogen functional groups attached to an aromatic ring is 1. The second-order valence-electron chi connectivity index (χ2n) is 15.8. The number of anilines is 3. The van der Waals surface area contributed by atoms with Gasteiger partial charge in [0.15, 0.2) is 0 Å². The van der Waals surface area contributed by atoms with Crippen LogP contribution in [0.15, 0.2) is 79.3 Å². The Hall–Kier alpha value is -6.15. The van der Waals surface area contributed by atoms with Crippen LogP contribution < -0.4 is 21.7 Å². The molecule has 5 aromatic rings. The zero-order valence-corrected chi connectivity index (χ0v) is 33.4. The summed E-state index contributed by atoms with van der Waals surface area (Å²) in [6.45, 7) is 3.28. The molecule has 0 radical (unpaired) electrons. The largest absolute Gasteiger partial charge is 0.385 e. The zero-order valence-electron chi connectivity index (χ0n) is 33.4. The molecular weight excluding hydrogens is 745 g/mol. The zero-order chi connectivity index (χ0) is 40.7. The van der Waals surface area contributed by atoms with E-state index >= 15 is 0 Å². The van der Waals surface area contributed by atoms with E-state index in [1.165, 1.54) is 32.1 Å². The van der Waals surface area contributed by atoms with Crippen molar-refractivity contribution < 1.29 is 19.2 Å². The summed E-state index contributed by atoms with van der Waals surface area (Å²) in [6, 6.07) is 18.1. The van der Waals surface area contributed by atoms with Crippen molar-refractivity contribution in [1.29, 1.82) is 0 Å². The molecule has 14 heteroatoms. The van der Waals surface area contributed by atoms with Crippen LogP contribution in [0.2, 0.25) is 0 Å². The normalized spacial score (nSPS) is 18.0. The van der Waals surface area contributed by atoms with Crippen LogP contribution in [0.5, 0.6) is 0 Å². The summed E-state index contributed by atoms with van der Waals surface area (Å²) >= 11 is 0. The standard InChI is InChI=1S/C45H52N10O4/c46-41-40-39(30-17-19-31(20-18-30)43(57)50-37-16-7-9-24-48-37)52-42(54(40)28-25-49-41)35-15-12-27-53(35)26-10-6-4-2-1-3-5-8-23-47-34-14-11-13-32-33(34)29-55(45(32)59)36-21-22-38(56)51-44(36)58/h7,9,11,13-14,16-20,24-25,28,35-36,47H,1-6,8,10,12,15,21-23,26-27,29H2,(H2,46,49)(H,48,50,57)(H,51,56,58)/t35-,36?/m0/s1. The molecular formula is C45H52N10O4. The van der Waals surface area contributed by atoms with Crippen LogP contribution >= 0.6 is 0 Å². The number of unbranched alkanes of at least 4 members (excludes halogenated alkanes) is 7. The van der Waals surface area contributed by atoms with Crippen LogP contribution in [-0.2, 0) is 16.1 Å². The van der Waals surface area contributed by atoms with E-state index in [4.69, 9.17) is 10.7 Å². The van der Waals surface area contributed by atoms with Crippen molar-refractivity contribution in [3.05, 3.63) is 102 Å². The Kier molecular flexibility index (Phi) is 12.2. The van der Waals surface area contributed by atoms with E-state index in [2.05, 4.69) is 35.2 Å². The summed E-state index contributed by atoms with van der Waals surface area (Å²) in [6.07, 6.45) is 17.5. The van der Waals surface area contributed by atoms with Crippen molar-refractivity contribution in [3.63, 3.8) is 0 Å². The Morgan fingerprint density at radius 3 is 2.42 bits per heavy atom. The lowest BCUT2D eigenvalue weighted by molar-refractivity contribution is -0.136. The summed E-state index contributed by atoms with van der Waals surface area (Å²) in [5.41, 5.74) is 11.9. The highest BCUT2D eigenvalue weighted by Gasteiger charge is 2.40. The number of pyridine rings is 1. The third-order valence-electron chi connectivity index (χ3n) is 11.9. The number of imide groups is 1. The maximum atomic E-state index is 13.1. The van der Waals surface area contributed by atoms with Crippen molar-refractivity contribution >= 4 is 46.5 Å². The highest BCUT2D eigenvalue weighted by atomic mass is 16.2. The van der Waals surface area contributed by atoms with Crippen LogP contribution in [0, 0.1) is 0 Å². The molecule has 0 aliphatic carbocycles. The number of rotatable bonds is 17. The number of nitrogens with one attached hydrogen (secondary N) is 3. The molecule has 3 aliphatic heterocycles. The number of carbonyl (C=O) groups excluding carboxylic acids is 4. The number of benzene rings is 2. The lowest BCUT2D eigenvalue weighted by Gasteiger charge is -2.29. The first-order chi connectivity index (χ1) is 28.9. The molecule has 2 saturated heterocycles. The Morgan fingerprint density at radius 1 is 0.847 bits per heavy atom. The molecule has 4 amide bonds. The van der Waals surface area contributed by atoms with Crippen molar-refractivity contribution in [3.8, 4) is 11.3 Å². The van der Waals surface area contributed by atoms with Gasteiger partial charge in [-0.3, -0.25) is 33.8 Å². The molecule has 3 aromatic heterocycles. The van der Waals surface area contributed by atoms with Gasteiger partial charge in [-0.25, -0.2) is 15.0 Å². The second kappa shape index (κ2) is 18.2. The Balaban J connectivity index is 0.765. The van der Waals surface area contributed by atoms with E-state index in [1.807, 2.05) is 42.6 Å². The van der Waals surface area contributed by atoms with Gasteiger partial charge in [-0.05, 0) is 81.6 Å². The van der Waals surface area contributed by atoms with Crippen LogP contribution in [0.25, 0.3) is 16.8 Å². The predicted octanol–water partition coefficient (Wildman–Crippen LogP) is 6.76. The van der Waals surface area contributed by atoms with Crippen LogP contribution in [-0.4, -0.2) is 78.5 Å². The summed E-state index contributed by atoms with van der Waals surface area (Å²) in [7, 11) is 0. The van der Waals surface area contributed by atoms with Crippen LogP contribution in [0.1, 0.15) is 115 Å². The minimum atomic E-state index is -0.605. The molecule has 3 aliphatic rings. The molecule has 6 heterocycles. The number of piperidine rings is 1. The molecule has 8 rings (SSSR count).